The van der Waals surface area contributed by atoms with Crippen LogP contribution in [0.5, 0.6) is 0 Å². The molecule has 0 fully saturated rings. The molecule has 6 rings (SSSR count). The molecular formula is C28H26N4O3S2. The number of ether oxygens (including phenoxy) is 1. The summed E-state index contributed by atoms with van der Waals surface area (Å²) in [4.78, 5) is 31.5. The highest BCUT2D eigenvalue weighted by molar-refractivity contribution is 7.99. The third-order valence-corrected chi connectivity index (χ3v) is 8.90. The van der Waals surface area contributed by atoms with Crippen LogP contribution in [0.3, 0.4) is 0 Å². The number of nitrogens with zero attached hydrogens (tertiary/aromatic N) is 3. The molecular weight excluding hydrogens is 504 g/mol. The van der Waals surface area contributed by atoms with Crippen LogP contribution < -0.4 is 5.32 Å². The fourth-order valence-corrected chi connectivity index (χ4v) is 7.30. The number of nitrogens with one attached hydrogen (secondary N) is 1. The Balaban J connectivity index is 1.14. The molecule has 0 bridgehead atoms. The number of aromatic nitrogens is 3. The Morgan fingerprint density at radius 1 is 1.14 bits per heavy atom. The summed E-state index contributed by atoms with van der Waals surface area (Å²) in [6.07, 6.45) is 3.07. The van der Waals surface area contributed by atoms with Crippen molar-refractivity contribution in [2.45, 2.75) is 44.7 Å². The van der Waals surface area contributed by atoms with Gasteiger partial charge in [-0.05, 0) is 43.1 Å². The van der Waals surface area contributed by atoms with Crippen molar-refractivity contribution in [3.63, 3.8) is 0 Å². The highest BCUT2D eigenvalue weighted by Crippen LogP contribution is 2.45. The molecule has 1 unspecified atom stereocenters. The number of carbonyl (C=O) groups excluding carboxylic acids is 2. The summed E-state index contributed by atoms with van der Waals surface area (Å²) in [5.74, 6) is 0.575. The Labute approximate surface area is 223 Å². The average Bonchev–Trinajstić information content (AvgIpc) is 3.40. The number of anilines is 1. The van der Waals surface area contributed by atoms with Gasteiger partial charge in [0.25, 0.3) is 0 Å². The molecule has 2 heterocycles. The predicted molar refractivity (Wildman–Crippen MR) is 147 cm³/mol. The van der Waals surface area contributed by atoms with Crippen LogP contribution in [0, 0.1) is 5.92 Å². The quantitative estimate of drug-likeness (QED) is 0.199. The maximum atomic E-state index is 12.8. The molecule has 2 aromatic heterocycles. The molecule has 1 N–H and O–H groups in total. The van der Waals surface area contributed by atoms with E-state index in [0.29, 0.717) is 34.0 Å². The van der Waals surface area contributed by atoms with Crippen molar-refractivity contribution in [2.75, 3.05) is 17.7 Å². The fourth-order valence-electron chi connectivity index (χ4n) is 5.16. The Morgan fingerprint density at radius 2 is 1.92 bits per heavy atom. The number of hydrogen-bond acceptors (Lipinski definition) is 8. The van der Waals surface area contributed by atoms with E-state index in [4.69, 9.17) is 9.72 Å². The summed E-state index contributed by atoms with van der Waals surface area (Å²) in [6, 6.07) is 12.4. The number of hydrogen-bond donors (Lipinski definition) is 1. The SMILES string of the molecule is CCOC(=O)c1c(NC(=O)CCSc2nnc3c(n2)-c2cccc4cccc-3c24)sc2c1CCC(C)C2. The molecule has 1 amide bonds. The van der Waals surface area contributed by atoms with E-state index in [1.54, 1.807) is 6.92 Å². The van der Waals surface area contributed by atoms with Crippen molar-refractivity contribution in [3.05, 3.63) is 52.4 Å². The monoisotopic (exact) mass is 530 g/mol. The van der Waals surface area contributed by atoms with E-state index < -0.39 is 0 Å². The second-order valence-corrected chi connectivity index (χ2v) is 11.6. The van der Waals surface area contributed by atoms with Crippen LogP contribution in [0.25, 0.3) is 33.3 Å². The Hall–Kier alpha value is -3.30. The second kappa shape index (κ2) is 9.87. The summed E-state index contributed by atoms with van der Waals surface area (Å²) in [5.41, 5.74) is 5.35. The zero-order chi connectivity index (χ0) is 25.5. The van der Waals surface area contributed by atoms with E-state index >= 15 is 0 Å². The smallest absolute Gasteiger partial charge is 0.341 e. The largest absolute Gasteiger partial charge is 0.462 e. The van der Waals surface area contributed by atoms with Crippen LogP contribution in [0.15, 0.2) is 41.6 Å². The highest BCUT2D eigenvalue weighted by Gasteiger charge is 2.29. The minimum absolute atomic E-state index is 0.143. The van der Waals surface area contributed by atoms with E-state index in [9.17, 15) is 9.59 Å². The number of rotatable bonds is 7. The minimum atomic E-state index is -0.354. The maximum Gasteiger partial charge on any atom is 0.341 e. The first-order valence-corrected chi connectivity index (χ1v) is 14.3. The lowest BCUT2D eigenvalue weighted by atomic mass is 9.88. The van der Waals surface area contributed by atoms with Crippen LogP contribution in [-0.4, -0.2) is 39.4 Å². The number of benzene rings is 2. The van der Waals surface area contributed by atoms with Gasteiger partial charge in [0, 0.05) is 33.6 Å². The Morgan fingerprint density at radius 3 is 2.70 bits per heavy atom. The molecule has 37 heavy (non-hydrogen) atoms. The predicted octanol–water partition coefficient (Wildman–Crippen LogP) is 6.16. The van der Waals surface area contributed by atoms with Crippen LogP contribution in [-0.2, 0) is 22.4 Å². The molecule has 2 aromatic carbocycles. The Bertz CT molecular complexity index is 1540. The molecule has 4 aromatic rings. The third-order valence-electron chi connectivity index (χ3n) is 6.89. The van der Waals surface area contributed by atoms with Gasteiger partial charge in [-0.15, -0.1) is 21.5 Å². The topological polar surface area (TPSA) is 94.1 Å². The summed E-state index contributed by atoms with van der Waals surface area (Å²) in [7, 11) is 0. The zero-order valence-corrected chi connectivity index (χ0v) is 22.3. The fraction of sp³-hybridized carbons (Fsp3) is 0.321. The Kier molecular flexibility index (Phi) is 6.42. The average molecular weight is 531 g/mol. The lowest BCUT2D eigenvalue weighted by Gasteiger charge is -2.18. The van der Waals surface area contributed by atoms with Crippen molar-refractivity contribution >= 4 is 50.7 Å². The van der Waals surface area contributed by atoms with Gasteiger partial charge in [-0.2, -0.15) is 0 Å². The van der Waals surface area contributed by atoms with Gasteiger partial charge in [0.15, 0.2) is 0 Å². The third kappa shape index (κ3) is 4.40. The first kappa shape index (κ1) is 24.1. The van der Waals surface area contributed by atoms with Gasteiger partial charge < -0.3 is 10.1 Å². The van der Waals surface area contributed by atoms with Crippen molar-refractivity contribution in [3.8, 4) is 22.5 Å². The molecule has 0 spiro atoms. The summed E-state index contributed by atoms with van der Waals surface area (Å²) >= 11 is 2.91. The second-order valence-electron chi connectivity index (χ2n) is 9.42. The van der Waals surface area contributed by atoms with E-state index in [2.05, 4.69) is 46.7 Å². The lowest BCUT2D eigenvalue weighted by Crippen LogP contribution is -2.17. The van der Waals surface area contributed by atoms with Crippen molar-refractivity contribution < 1.29 is 14.3 Å². The van der Waals surface area contributed by atoms with E-state index in [1.165, 1.54) is 28.0 Å². The number of fused-ring (bicyclic) bond motifs is 4. The molecule has 0 saturated carbocycles. The molecule has 2 aliphatic carbocycles. The van der Waals surface area contributed by atoms with Gasteiger partial charge in [-0.1, -0.05) is 55.1 Å². The highest BCUT2D eigenvalue weighted by atomic mass is 32.2. The van der Waals surface area contributed by atoms with Crippen molar-refractivity contribution in [1.29, 1.82) is 0 Å². The number of amides is 1. The zero-order valence-electron chi connectivity index (χ0n) is 20.7. The van der Waals surface area contributed by atoms with Crippen LogP contribution in [0.4, 0.5) is 5.00 Å². The van der Waals surface area contributed by atoms with Gasteiger partial charge in [-0.25, -0.2) is 9.78 Å². The van der Waals surface area contributed by atoms with Crippen LogP contribution in [0.2, 0.25) is 0 Å². The van der Waals surface area contributed by atoms with Gasteiger partial charge in [0.2, 0.25) is 11.1 Å². The van der Waals surface area contributed by atoms with Gasteiger partial charge in [-0.3, -0.25) is 4.79 Å². The molecule has 0 radical (unpaired) electrons. The number of carbonyl (C=O) groups is 2. The molecule has 9 heteroatoms. The molecule has 7 nitrogen and oxygen atoms in total. The molecule has 0 saturated heterocycles. The van der Waals surface area contributed by atoms with E-state index in [0.717, 1.165) is 58.1 Å². The van der Waals surface area contributed by atoms with Gasteiger partial charge in [0.1, 0.15) is 16.4 Å². The first-order chi connectivity index (χ1) is 18.0. The van der Waals surface area contributed by atoms with Gasteiger partial charge in [0.05, 0.1) is 12.2 Å². The maximum absolute atomic E-state index is 12.8. The number of thioether (sulfide) groups is 1. The number of thiophene rings is 1. The van der Waals surface area contributed by atoms with Crippen molar-refractivity contribution in [2.24, 2.45) is 5.92 Å². The number of esters is 1. The van der Waals surface area contributed by atoms with E-state index in [-0.39, 0.29) is 18.3 Å². The molecule has 1 atom stereocenters. The first-order valence-electron chi connectivity index (χ1n) is 12.5. The van der Waals surface area contributed by atoms with Crippen molar-refractivity contribution in [1.82, 2.24) is 15.2 Å². The lowest BCUT2D eigenvalue weighted by molar-refractivity contribution is -0.115. The van der Waals surface area contributed by atoms with Crippen LogP contribution >= 0.6 is 23.1 Å². The molecule has 188 valence electrons. The normalized spacial score (nSPS) is 15.4. The summed E-state index contributed by atoms with van der Waals surface area (Å²) in [5, 5.41) is 15.2. The summed E-state index contributed by atoms with van der Waals surface area (Å²) < 4.78 is 5.31. The molecule has 0 aliphatic heterocycles. The van der Waals surface area contributed by atoms with Gasteiger partial charge >= 0.3 is 5.97 Å². The minimum Gasteiger partial charge on any atom is -0.462 e. The van der Waals surface area contributed by atoms with Crippen LogP contribution in [0.1, 0.15) is 47.5 Å². The standard InChI is InChI=1S/C28H26N4O3S2/c1-3-35-27(34)23-17-11-10-15(2)14-20(17)37-26(23)29-21(33)12-13-36-28-30-24-18-8-4-6-16-7-5-9-19(22(16)18)25(24)31-32-28/h4-9,15H,3,10-14H2,1-2H3,(H,29,33). The molecule has 2 aliphatic rings. The summed E-state index contributed by atoms with van der Waals surface area (Å²) in [6.45, 7) is 4.32. The van der Waals surface area contributed by atoms with E-state index in [1.807, 2.05) is 12.1 Å².